The fraction of sp³-hybridized carbons (Fsp3) is 0.176. The average molecular weight is 331 g/mol. The third kappa shape index (κ3) is 2.89. The molecule has 3 rings (SSSR count). The lowest BCUT2D eigenvalue weighted by atomic mass is 10.1. The topological polar surface area (TPSA) is 34.9 Å². The zero-order valence-electron chi connectivity index (χ0n) is 12.1. The molecule has 0 spiro atoms. The van der Waals surface area contributed by atoms with Crippen molar-refractivity contribution in [3.63, 3.8) is 0 Å². The highest BCUT2D eigenvalue weighted by atomic mass is 35.5. The van der Waals surface area contributed by atoms with E-state index in [1.54, 1.807) is 12.1 Å². The standard InChI is InChI=1S/C17H15ClN2OS/c1-2-20-15-10-6-5-9-14(15)19-17(20)22-11-16(21)12-7-3-4-8-13(12)18/h3-10H,2,11H2,1H3. The van der Waals surface area contributed by atoms with Crippen LogP contribution in [0.15, 0.2) is 53.7 Å². The number of fused-ring (bicyclic) bond motifs is 1. The van der Waals surface area contributed by atoms with Crippen molar-refractivity contribution in [3.8, 4) is 0 Å². The number of aromatic nitrogens is 2. The first-order valence-electron chi connectivity index (χ1n) is 7.06. The minimum Gasteiger partial charge on any atom is -0.319 e. The highest BCUT2D eigenvalue weighted by Crippen LogP contribution is 2.25. The van der Waals surface area contributed by atoms with Crippen molar-refractivity contribution in [3.05, 3.63) is 59.1 Å². The number of aryl methyl sites for hydroxylation is 1. The van der Waals surface area contributed by atoms with Gasteiger partial charge >= 0.3 is 0 Å². The summed E-state index contributed by atoms with van der Waals surface area (Å²) in [6, 6.07) is 15.1. The number of halogens is 1. The van der Waals surface area contributed by atoms with Crippen molar-refractivity contribution in [2.24, 2.45) is 0 Å². The lowest BCUT2D eigenvalue weighted by Gasteiger charge is -2.06. The predicted octanol–water partition coefficient (Wildman–Crippen LogP) is 4.68. The van der Waals surface area contributed by atoms with Crippen LogP contribution >= 0.6 is 23.4 Å². The molecule has 112 valence electrons. The van der Waals surface area contributed by atoms with Crippen LogP contribution in [0.4, 0.5) is 0 Å². The monoisotopic (exact) mass is 330 g/mol. The molecule has 1 heterocycles. The van der Waals surface area contributed by atoms with E-state index >= 15 is 0 Å². The lowest BCUT2D eigenvalue weighted by Crippen LogP contribution is -2.05. The van der Waals surface area contributed by atoms with Gasteiger partial charge in [0.1, 0.15) is 0 Å². The Morgan fingerprint density at radius 3 is 2.68 bits per heavy atom. The van der Waals surface area contributed by atoms with Gasteiger partial charge in [0.05, 0.1) is 21.8 Å². The van der Waals surface area contributed by atoms with Gasteiger partial charge in [0.2, 0.25) is 0 Å². The molecule has 2 aromatic carbocycles. The number of nitrogens with zero attached hydrogens (tertiary/aromatic N) is 2. The number of para-hydroxylation sites is 2. The van der Waals surface area contributed by atoms with Gasteiger partial charge in [-0.2, -0.15) is 0 Å². The van der Waals surface area contributed by atoms with E-state index in [2.05, 4.69) is 16.5 Å². The fourth-order valence-electron chi connectivity index (χ4n) is 2.36. The highest BCUT2D eigenvalue weighted by molar-refractivity contribution is 7.99. The Morgan fingerprint density at radius 1 is 1.18 bits per heavy atom. The third-order valence-electron chi connectivity index (χ3n) is 3.44. The molecule has 0 amide bonds. The quantitative estimate of drug-likeness (QED) is 0.503. The number of hydrogen-bond donors (Lipinski definition) is 0. The van der Waals surface area contributed by atoms with Gasteiger partial charge in [0, 0.05) is 12.1 Å². The average Bonchev–Trinajstić information content (AvgIpc) is 2.90. The van der Waals surface area contributed by atoms with Crippen molar-refractivity contribution in [2.75, 3.05) is 5.75 Å². The van der Waals surface area contributed by atoms with Crippen LogP contribution in [0, 0.1) is 0 Å². The minimum atomic E-state index is 0.0188. The summed E-state index contributed by atoms with van der Waals surface area (Å²) in [4.78, 5) is 16.9. The summed E-state index contributed by atoms with van der Waals surface area (Å²) in [7, 11) is 0. The molecule has 0 atom stereocenters. The summed E-state index contributed by atoms with van der Waals surface area (Å²) in [6.45, 7) is 2.90. The molecule has 0 aliphatic rings. The van der Waals surface area contributed by atoms with Crippen LogP contribution in [0.1, 0.15) is 17.3 Å². The van der Waals surface area contributed by atoms with Crippen molar-refractivity contribution >= 4 is 40.2 Å². The Kier molecular flexibility index (Phi) is 4.50. The second-order valence-electron chi connectivity index (χ2n) is 4.82. The normalized spacial score (nSPS) is 11.0. The maximum absolute atomic E-state index is 12.3. The maximum Gasteiger partial charge on any atom is 0.174 e. The Balaban J connectivity index is 1.82. The molecule has 0 bridgehead atoms. The molecule has 0 fully saturated rings. The van der Waals surface area contributed by atoms with Gasteiger partial charge in [-0.25, -0.2) is 4.98 Å². The van der Waals surface area contributed by atoms with Crippen LogP contribution in [0.2, 0.25) is 5.02 Å². The molecule has 0 N–H and O–H groups in total. The first kappa shape index (κ1) is 15.1. The third-order valence-corrected chi connectivity index (χ3v) is 4.75. The first-order chi connectivity index (χ1) is 10.7. The van der Waals surface area contributed by atoms with Crippen molar-refractivity contribution in [1.82, 2.24) is 9.55 Å². The van der Waals surface area contributed by atoms with Crippen LogP contribution in [0.5, 0.6) is 0 Å². The van der Waals surface area contributed by atoms with Gasteiger partial charge in [-0.1, -0.05) is 47.6 Å². The molecule has 0 radical (unpaired) electrons. The van der Waals surface area contributed by atoms with Crippen molar-refractivity contribution in [2.45, 2.75) is 18.6 Å². The highest BCUT2D eigenvalue weighted by Gasteiger charge is 2.14. The van der Waals surface area contributed by atoms with Gasteiger partial charge < -0.3 is 4.57 Å². The van der Waals surface area contributed by atoms with E-state index in [0.717, 1.165) is 22.7 Å². The van der Waals surface area contributed by atoms with E-state index in [-0.39, 0.29) is 5.78 Å². The van der Waals surface area contributed by atoms with Gasteiger partial charge in [-0.05, 0) is 31.2 Å². The number of thioether (sulfide) groups is 1. The number of ketones is 1. The van der Waals surface area contributed by atoms with E-state index in [9.17, 15) is 4.79 Å². The molecular formula is C17H15ClN2OS. The van der Waals surface area contributed by atoms with Gasteiger partial charge in [0.15, 0.2) is 10.9 Å². The molecule has 0 aliphatic heterocycles. The summed E-state index contributed by atoms with van der Waals surface area (Å²) in [5.74, 6) is 0.345. The molecule has 3 aromatic rings. The van der Waals surface area contributed by atoms with Gasteiger partial charge in [-0.3, -0.25) is 4.79 Å². The summed E-state index contributed by atoms with van der Waals surface area (Å²) < 4.78 is 2.12. The molecule has 1 aromatic heterocycles. The number of benzene rings is 2. The minimum absolute atomic E-state index is 0.0188. The maximum atomic E-state index is 12.3. The molecule has 3 nitrogen and oxygen atoms in total. The molecule has 0 unspecified atom stereocenters. The van der Waals surface area contributed by atoms with Crippen molar-refractivity contribution in [1.29, 1.82) is 0 Å². The van der Waals surface area contributed by atoms with Crippen LogP contribution in [0.3, 0.4) is 0 Å². The zero-order valence-corrected chi connectivity index (χ0v) is 13.7. The Labute approximate surface area is 138 Å². The van der Waals surface area contributed by atoms with Crippen molar-refractivity contribution < 1.29 is 4.79 Å². The van der Waals surface area contributed by atoms with Crippen LogP contribution in [-0.4, -0.2) is 21.1 Å². The van der Waals surface area contributed by atoms with E-state index in [1.807, 2.05) is 36.4 Å². The Morgan fingerprint density at radius 2 is 1.91 bits per heavy atom. The van der Waals surface area contributed by atoms with Gasteiger partial charge in [0.25, 0.3) is 0 Å². The van der Waals surface area contributed by atoms with E-state index in [4.69, 9.17) is 11.6 Å². The molecule has 0 saturated carbocycles. The number of Topliss-reactive ketones (excluding diaryl/α,β-unsaturated/α-hetero) is 1. The number of carbonyl (C=O) groups excluding carboxylic acids is 1. The Bertz CT molecular complexity index is 828. The lowest BCUT2D eigenvalue weighted by molar-refractivity contribution is 0.102. The predicted molar refractivity (Wildman–Crippen MR) is 91.9 cm³/mol. The molecule has 0 aliphatic carbocycles. The summed E-state index contributed by atoms with van der Waals surface area (Å²) in [6.07, 6.45) is 0. The zero-order chi connectivity index (χ0) is 15.5. The largest absolute Gasteiger partial charge is 0.319 e. The van der Waals surface area contributed by atoms with E-state index < -0.39 is 0 Å². The van der Waals surface area contributed by atoms with Crippen LogP contribution in [-0.2, 0) is 6.54 Å². The first-order valence-corrected chi connectivity index (χ1v) is 8.43. The van der Waals surface area contributed by atoms with E-state index in [1.165, 1.54) is 11.8 Å². The van der Waals surface area contributed by atoms with E-state index in [0.29, 0.717) is 16.3 Å². The molecular weight excluding hydrogens is 316 g/mol. The molecule has 5 heteroatoms. The van der Waals surface area contributed by atoms with Crippen LogP contribution < -0.4 is 0 Å². The Hall–Kier alpha value is -1.78. The molecule has 22 heavy (non-hydrogen) atoms. The number of rotatable bonds is 5. The summed E-state index contributed by atoms with van der Waals surface area (Å²) in [5, 5.41) is 1.36. The summed E-state index contributed by atoms with van der Waals surface area (Å²) >= 11 is 7.53. The number of hydrogen-bond acceptors (Lipinski definition) is 3. The smallest absolute Gasteiger partial charge is 0.174 e. The van der Waals surface area contributed by atoms with Gasteiger partial charge in [-0.15, -0.1) is 0 Å². The second kappa shape index (κ2) is 6.55. The summed E-state index contributed by atoms with van der Waals surface area (Å²) in [5.41, 5.74) is 2.62. The number of imidazole rings is 1. The SMILES string of the molecule is CCn1c(SCC(=O)c2ccccc2Cl)nc2ccccc21. The van der Waals surface area contributed by atoms with Crippen LogP contribution in [0.25, 0.3) is 11.0 Å². The fourth-order valence-corrected chi connectivity index (χ4v) is 3.57. The second-order valence-corrected chi connectivity index (χ2v) is 6.17. The number of carbonyl (C=O) groups is 1. The molecule has 0 saturated heterocycles.